The van der Waals surface area contributed by atoms with E-state index in [1.165, 1.54) is 0 Å². The van der Waals surface area contributed by atoms with E-state index in [9.17, 15) is 9.90 Å². The van der Waals surface area contributed by atoms with Gasteiger partial charge in [0.1, 0.15) is 0 Å². The van der Waals surface area contributed by atoms with E-state index in [1.807, 2.05) is 0 Å². The monoisotopic (exact) mass is 201 g/mol. The molecule has 1 rings (SSSR count). The van der Waals surface area contributed by atoms with Crippen LogP contribution < -0.4 is 0 Å². The predicted octanol–water partition coefficient (Wildman–Crippen LogP) is 0.696. The van der Waals surface area contributed by atoms with Crippen molar-refractivity contribution in [1.29, 1.82) is 0 Å². The highest BCUT2D eigenvalue weighted by Gasteiger charge is 2.32. The van der Waals surface area contributed by atoms with Crippen molar-refractivity contribution >= 4 is 5.97 Å². The Labute approximate surface area is 84.5 Å². The van der Waals surface area contributed by atoms with Crippen molar-refractivity contribution in [3.8, 4) is 0 Å². The van der Waals surface area contributed by atoms with Gasteiger partial charge in [-0.3, -0.25) is 9.69 Å². The van der Waals surface area contributed by atoms with E-state index in [1.54, 1.807) is 13.8 Å². The Morgan fingerprint density at radius 1 is 1.50 bits per heavy atom. The van der Waals surface area contributed by atoms with Gasteiger partial charge < -0.3 is 10.2 Å². The first-order valence-electron chi connectivity index (χ1n) is 5.07. The topological polar surface area (TPSA) is 60.8 Å². The molecular weight excluding hydrogens is 182 g/mol. The van der Waals surface area contributed by atoms with Crippen LogP contribution in [-0.2, 0) is 4.79 Å². The molecule has 1 aliphatic carbocycles. The van der Waals surface area contributed by atoms with E-state index < -0.39 is 11.6 Å². The fourth-order valence-corrected chi connectivity index (χ4v) is 1.57. The van der Waals surface area contributed by atoms with E-state index in [2.05, 4.69) is 4.90 Å². The molecule has 14 heavy (non-hydrogen) atoms. The van der Waals surface area contributed by atoms with Crippen LogP contribution in [0.4, 0.5) is 0 Å². The Kier molecular flexibility index (Phi) is 3.50. The van der Waals surface area contributed by atoms with Gasteiger partial charge >= 0.3 is 5.97 Å². The molecule has 0 atom stereocenters. The van der Waals surface area contributed by atoms with Crippen molar-refractivity contribution in [3.05, 3.63) is 0 Å². The summed E-state index contributed by atoms with van der Waals surface area (Å²) in [5.41, 5.74) is -0.735. The molecule has 1 saturated carbocycles. The third-order valence-electron chi connectivity index (χ3n) is 2.27. The van der Waals surface area contributed by atoms with Crippen molar-refractivity contribution in [2.45, 2.75) is 44.8 Å². The normalized spacial score (nSPS) is 17.4. The molecular formula is C10H19NO3. The van der Waals surface area contributed by atoms with Crippen LogP contribution in [0.2, 0.25) is 0 Å². The van der Waals surface area contributed by atoms with Gasteiger partial charge in [-0.25, -0.2) is 0 Å². The van der Waals surface area contributed by atoms with Crippen molar-refractivity contribution in [2.75, 3.05) is 13.1 Å². The third kappa shape index (κ3) is 4.58. The Morgan fingerprint density at radius 2 is 2.07 bits per heavy atom. The molecule has 0 aliphatic heterocycles. The van der Waals surface area contributed by atoms with Gasteiger partial charge in [0.2, 0.25) is 0 Å². The van der Waals surface area contributed by atoms with Crippen molar-refractivity contribution in [2.24, 2.45) is 0 Å². The zero-order valence-electron chi connectivity index (χ0n) is 8.86. The molecule has 0 amide bonds. The number of carboxylic acid groups (broad SMARTS) is 1. The minimum absolute atomic E-state index is 0.159. The van der Waals surface area contributed by atoms with Crippen LogP contribution >= 0.6 is 0 Å². The zero-order chi connectivity index (χ0) is 10.8. The Morgan fingerprint density at radius 3 is 2.43 bits per heavy atom. The van der Waals surface area contributed by atoms with Gasteiger partial charge in [0.25, 0.3) is 0 Å². The van der Waals surface area contributed by atoms with E-state index in [0.29, 0.717) is 19.1 Å². The number of aliphatic hydroxyl groups is 1. The molecule has 4 heteroatoms. The molecule has 1 fully saturated rings. The molecule has 82 valence electrons. The van der Waals surface area contributed by atoms with Gasteiger partial charge in [0.15, 0.2) is 0 Å². The lowest BCUT2D eigenvalue weighted by atomic mass is 10.1. The van der Waals surface area contributed by atoms with Gasteiger partial charge in [-0.2, -0.15) is 0 Å². The number of hydrogen-bond donors (Lipinski definition) is 2. The molecule has 0 aromatic rings. The van der Waals surface area contributed by atoms with Crippen LogP contribution in [0.1, 0.15) is 33.1 Å². The first kappa shape index (κ1) is 11.5. The Balaban J connectivity index is 2.35. The van der Waals surface area contributed by atoms with Crippen LogP contribution in [0, 0.1) is 0 Å². The molecule has 0 aromatic carbocycles. The van der Waals surface area contributed by atoms with Crippen molar-refractivity contribution in [3.63, 3.8) is 0 Å². The second-order valence-corrected chi connectivity index (χ2v) is 4.66. The van der Waals surface area contributed by atoms with Crippen molar-refractivity contribution < 1.29 is 15.0 Å². The summed E-state index contributed by atoms with van der Waals surface area (Å²) in [6, 6.07) is 0.501. The van der Waals surface area contributed by atoms with E-state index in [0.717, 1.165) is 12.8 Å². The SMILES string of the molecule is CC(C)(O)CN(CCC(=O)O)C1CC1. The summed E-state index contributed by atoms with van der Waals surface area (Å²) in [6.45, 7) is 4.61. The van der Waals surface area contributed by atoms with Crippen LogP contribution in [0.3, 0.4) is 0 Å². The molecule has 0 spiro atoms. The highest BCUT2D eigenvalue weighted by Crippen LogP contribution is 2.28. The molecule has 0 heterocycles. The van der Waals surface area contributed by atoms with Crippen LogP contribution in [0.15, 0.2) is 0 Å². The number of carbonyl (C=O) groups is 1. The lowest BCUT2D eigenvalue weighted by Gasteiger charge is -2.28. The first-order valence-corrected chi connectivity index (χ1v) is 5.07. The molecule has 2 N–H and O–H groups in total. The maximum absolute atomic E-state index is 10.4. The third-order valence-corrected chi connectivity index (χ3v) is 2.27. The smallest absolute Gasteiger partial charge is 0.304 e. The number of rotatable bonds is 6. The first-order chi connectivity index (χ1) is 6.38. The fraction of sp³-hybridized carbons (Fsp3) is 0.900. The molecule has 0 bridgehead atoms. The molecule has 4 nitrogen and oxygen atoms in total. The summed E-state index contributed by atoms with van der Waals surface area (Å²) in [7, 11) is 0. The maximum Gasteiger partial charge on any atom is 0.304 e. The second kappa shape index (κ2) is 4.28. The average molecular weight is 201 g/mol. The van der Waals surface area contributed by atoms with E-state index >= 15 is 0 Å². The van der Waals surface area contributed by atoms with Gasteiger partial charge in [-0.05, 0) is 26.7 Å². The minimum Gasteiger partial charge on any atom is -0.481 e. The summed E-state index contributed by atoms with van der Waals surface area (Å²) in [6.07, 6.45) is 2.43. The molecule has 0 unspecified atom stereocenters. The maximum atomic E-state index is 10.4. The van der Waals surface area contributed by atoms with Crippen LogP contribution in [0.25, 0.3) is 0 Å². The lowest BCUT2D eigenvalue weighted by Crippen LogP contribution is -2.40. The largest absolute Gasteiger partial charge is 0.481 e. The Hall–Kier alpha value is -0.610. The highest BCUT2D eigenvalue weighted by atomic mass is 16.4. The molecule has 0 saturated heterocycles. The van der Waals surface area contributed by atoms with Gasteiger partial charge in [-0.15, -0.1) is 0 Å². The number of nitrogens with zero attached hydrogens (tertiary/aromatic N) is 1. The summed E-state index contributed by atoms with van der Waals surface area (Å²) in [5.74, 6) is -0.772. The summed E-state index contributed by atoms with van der Waals surface area (Å²) >= 11 is 0. The molecule has 0 radical (unpaired) electrons. The summed E-state index contributed by atoms with van der Waals surface area (Å²) in [5, 5.41) is 18.2. The predicted molar refractivity (Wildman–Crippen MR) is 53.1 cm³/mol. The molecule has 0 aromatic heterocycles. The quantitative estimate of drug-likeness (QED) is 0.664. The Bertz CT molecular complexity index is 206. The lowest BCUT2D eigenvalue weighted by molar-refractivity contribution is -0.137. The zero-order valence-corrected chi connectivity index (χ0v) is 8.86. The van der Waals surface area contributed by atoms with Gasteiger partial charge in [0.05, 0.1) is 12.0 Å². The minimum atomic E-state index is -0.772. The summed E-state index contributed by atoms with van der Waals surface area (Å²) in [4.78, 5) is 12.5. The second-order valence-electron chi connectivity index (χ2n) is 4.66. The number of carboxylic acids is 1. The van der Waals surface area contributed by atoms with E-state index in [4.69, 9.17) is 5.11 Å². The fourth-order valence-electron chi connectivity index (χ4n) is 1.57. The average Bonchev–Trinajstić information content (AvgIpc) is 2.77. The van der Waals surface area contributed by atoms with Crippen molar-refractivity contribution in [1.82, 2.24) is 4.90 Å². The molecule has 1 aliphatic rings. The van der Waals surface area contributed by atoms with E-state index in [-0.39, 0.29) is 6.42 Å². The number of hydrogen-bond acceptors (Lipinski definition) is 3. The highest BCUT2D eigenvalue weighted by molar-refractivity contribution is 5.66. The van der Waals surface area contributed by atoms with Crippen LogP contribution in [-0.4, -0.2) is 45.8 Å². The van der Waals surface area contributed by atoms with Crippen LogP contribution in [0.5, 0.6) is 0 Å². The standard InChI is InChI=1S/C10H19NO3/c1-10(2,14)7-11(8-3-4-8)6-5-9(12)13/h8,14H,3-7H2,1-2H3,(H,12,13). The number of aliphatic carboxylic acids is 1. The van der Waals surface area contributed by atoms with Gasteiger partial charge in [-0.1, -0.05) is 0 Å². The van der Waals surface area contributed by atoms with Gasteiger partial charge in [0, 0.05) is 19.1 Å². The summed E-state index contributed by atoms with van der Waals surface area (Å²) < 4.78 is 0.